The fourth-order valence-corrected chi connectivity index (χ4v) is 2.46. The molecule has 0 heterocycles. The second kappa shape index (κ2) is 7.13. The zero-order valence-electron chi connectivity index (χ0n) is 11.3. The summed E-state index contributed by atoms with van der Waals surface area (Å²) < 4.78 is 5.35. The van der Waals surface area contributed by atoms with Crippen molar-refractivity contribution >= 4 is 56.7 Å². The maximum atomic E-state index is 12.3. The van der Waals surface area contributed by atoms with Crippen LogP contribution in [0.5, 0.6) is 0 Å². The SMILES string of the molecule is COC(=O)c1ccc(Cl)c(NC(=O)c2cc(Br)ccc2Cl)c1. The van der Waals surface area contributed by atoms with Crippen LogP contribution in [0, 0.1) is 0 Å². The van der Waals surface area contributed by atoms with Crippen LogP contribution in [0.2, 0.25) is 10.0 Å². The third-order valence-electron chi connectivity index (χ3n) is 2.81. The van der Waals surface area contributed by atoms with Crippen LogP contribution in [0.1, 0.15) is 20.7 Å². The number of carbonyl (C=O) groups is 2. The average Bonchev–Trinajstić information content (AvgIpc) is 2.50. The maximum Gasteiger partial charge on any atom is 0.337 e. The average molecular weight is 403 g/mol. The number of hydrogen-bond donors (Lipinski definition) is 1. The van der Waals surface area contributed by atoms with Gasteiger partial charge in [0.25, 0.3) is 5.91 Å². The summed E-state index contributed by atoms with van der Waals surface area (Å²) in [5, 5.41) is 3.23. The molecule has 0 unspecified atom stereocenters. The molecule has 0 atom stereocenters. The largest absolute Gasteiger partial charge is 0.465 e. The van der Waals surface area contributed by atoms with Gasteiger partial charge in [-0.05, 0) is 36.4 Å². The Labute approximate surface area is 145 Å². The minimum Gasteiger partial charge on any atom is -0.465 e. The minimum absolute atomic E-state index is 0.280. The lowest BCUT2D eigenvalue weighted by Gasteiger charge is -2.10. The van der Waals surface area contributed by atoms with E-state index in [1.807, 2.05) is 0 Å². The first-order valence-electron chi connectivity index (χ1n) is 6.06. The highest BCUT2D eigenvalue weighted by molar-refractivity contribution is 9.10. The molecule has 0 aliphatic carbocycles. The summed E-state index contributed by atoms with van der Waals surface area (Å²) in [5.74, 6) is -0.956. The van der Waals surface area contributed by atoms with Gasteiger partial charge in [0, 0.05) is 4.47 Å². The van der Waals surface area contributed by atoms with Gasteiger partial charge in [0.05, 0.1) is 34.0 Å². The molecule has 0 aliphatic heterocycles. The van der Waals surface area contributed by atoms with E-state index >= 15 is 0 Å². The van der Waals surface area contributed by atoms with Crippen molar-refractivity contribution in [3.63, 3.8) is 0 Å². The highest BCUT2D eigenvalue weighted by Crippen LogP contribution is 2.26. The molecular formula is C15H10BrCl2NO3. The molecule has 2 aromatic rings. The predicted molar refractivity (Wildman–Crippen MR) is 89.9 cm³/mol. The van der Waals surface area contributed by atoms with Crippen molar-refractivity contribution in [3.05, 3.63) is 62.0 Å². The molecule has 114 valence electrons. The van der Waals surface area contributed by atoms with Crippen molar-refractivity contribution in [1.82, 2.24) is 0 Å². The van der Waals surface area contributed by atoms with Gasteiger partial charge in [-0.2, -0.15) is 0 Å². The van der Waals surface area contributed by atoms with Gasteiger partial charge >= 0.3 is 5.97 Å². The van der Waals surface area contributed by atoms with E-state index in [2.05, 4.69) is 26.0 Å². The Balaban J connectivity index is 2.32. The van der Waals surface area contributed by atoms with Crippen molar-refractivity contribution in [1.29, 1.82) is 0 Å². The molecule has 0 aromatic heterocycles. The standard InChI is InChI=1S/C15H10BrCl2NO3/c1-22-15(21)8-2-4-12(18)13(6-8)19-14(20)10-7-9(16)3-5-11(10)17/h2-7H,1H3,(H,19,20). The van der Waals surface area contributed by atoms with Crippen LogP contribution in [0.25, 0.3) is 0 Å². The Morgan fingerprint density at radius 2 is 1.77 bits per heavy atom. The molecule has 0 bridgehead atoms. The van der Waals surface area contributed by atoms with Gasteiger partial charge in [-0.1, -0.05) is 39.1 Å². The lowest BCUT2D eigenvalue weighted by molar-refractivity contribution is 0.0600. The summed E-state index contributed by atoms with van der Waals surface area (Å²) in [6.07, 6.45) is 0. The second-order valence-electron chi connectivity index (χ2n) is 4.26. The van der Waals surface area contributed by atoms with E-state index in [4.69, 9.17) is 23.2 Å². The Morgan fingerprint density at radius 1 is 1.09 bits per heavy atom. The number of methoxy groups -OCH3 is 1. The number of nitrogens with one attached hydrogen (secondary N) is 1. The molecule has 1 amide bonds. The van der Waals surface area contributed by atoms with E-state index in [0.29, 0.717) is 15.7 Å². The van der Waals surface area contributed by atoms with Crippen LogP contribution in [0.15, 0.2) is 40.9 Å². The van der Waals surface area contributed by atoms with E-state index in [0.717, 1.165) is 4.47 Å². The predicted octanol–water partition coefficient (Wildman–Crippen LogP) is 4.79. The summed E-state index contributed by atoms with van der Waals surface area (Å²) in [7, 11) is 1.27. The molecular weight excluding hydrogens is 393 g/mol. The van der Waals surface area contributed by atoms with Crippen molar-refractivity contribution in [2.45, 2.75) is 0 Å². The molecule has 0 spiro atoms. The first kappa shape index (κ1) is 16.8. The van der Waals surface area contributed by atoms with Gasteiger partial charge in [-0.15, -0.1) is 0 Å². The first-order valence-corrected chi connectivity index (χ1v) is 7.61. The number of amides is 1. The summed E-state index contributed by atoms with van der Waals surface area (Å²) in [5.41, 5.74) is 0.865. The fourth-order valence-electron chi connectivity index (χ4n) is 1.73. The molecule has 0 radical (unpaired) electrons. The second-order valence-corrected chi connectivity index (χ2v) is 5.99. The lowest BCUT2D eigenvalue weighted by Crippen LogP contribution is -2.13. The summed E-state index contributed by atoms with van der Waals surface area (Å²) in [6.45, 7) is 0. The zero-order chi connectivity index (χ0) is 16.3. The third-order valence-corrected chi connectivity index (χ3v) is 3.96. The van der Waals surface area contributed by atoms with E-state index in [-0.39, 0.29) is 11.1 Å². The van der Waals surface area contributed by atoms with Crippen molar-refractivity contribution in [2.75, 3.05) is 12.4 Å². The van der Waals surface area contributed by atoms with E-state index in [9.17, 15) is 9.59 Å². The highest BCUT2D eigenvalue weighted by Gasteiger charge is 2.15. The normalized spacial score (nSPS) is 10.2. The molecule has 7 heteroatoms. The topological polar surface area (TPSA) is 55.4 Å². The van der Waals surface area contributed by atoms with Crippen molar-refractivity contribution in [3.8, 4) is 0 Å². The lowest BCUT2D eigenvalue weighted by atomic mass is 10.1. The summed E-state index contributed by atoms with van der Waals surface area (Å²) in [4.78, 5) is 23.8. The minimum atomic E-state index is -0.521. The van der Waals surface area contributed by atoms with Crippen LogP contribution in [0.4, 0.5) is 5.69 Å². The molecule has 2 aromatic carbocycles. The van der Waals surface area contributed by atoms with Crippen LogP contribution in [-0.4, -0.2) is 19.0 Å². The van der Waals surface area contributed by atoms with E-state index in [1.54, 1.807) is 18.2 Å². The van der Waals surface area contributed by atoms with Crippen molar-refractivity contribution < 1.29 is 14.3 Å². The van der Waals surface area contributed by atoms with Gasteiger partial charge in [0.1, 0.15) is 0 Å². The van der Waals surface area contributed by atoms with Crippen LogP contribution in [0.3, 0.4) is 0 Å². The number of anilines is 1. The number of carbonyl (C=O) groups excluding carboxylic acids is 2. The smallest absolute Gasteiger partial charge is 0.337 e. The first-order chi connectivity index (χ1) is 10.4. The maximum absolute atomic E-state index is 12.3. The van der Waals surface area contributed by atoms with Gasteiger partial charge in [0.15, 0.2) is 0 Å². The number of rotatable bonds is 3. The molecule has 2 rings (SSSR count). The zero-order valence-corrected chi connectivity index (χ0v) is 14.4. The van der Waals surface area contributed by atoms with E-state index < -0.39 is 11.9 Å². The van der Waals surface area contributed by atoms with Gasteiger partial charge in [0.2, 0.25) is 0 Å². The highest BCUT2D eigenvalue weighted by atomic mass is 79.9. The quantitative estimate of drug-likeness (QED) is 0.750. The Kier molecular flexibility index (Phi) is 5.45. The summed E-state index contributed by atoms with van der Waals surface area (Å²) >= 11 is 15.3. The molecule has 22 heavy (non-hydrogen) atoms. The van der Waals surface area contributed by atoms with E-state index in [1.165, 1.54) is 25.3 Å². The molecule has 0 saturated carbocycles. The van der Waals surface area contributed by atoms with Gasteiger partial charge in [-0.25, -0.2) is 4.79 Å². The number of ether oxygens (including phenoxy) is 1. The monoisotopic (exact) mass is 401 g/mol. The molecule has 1 N–H and O–H groups in total. The number of hydrogen-bond acceptors (Lipinski definition) is 3. The molecule has 0 aliphatic rings. The molecule has 4 nitrogen and oxygen atoms in total. The fraction of sp³-hybridized carbons (Fsp3) is 0.0667. The van der Waals surface area contributed by atoms with Gasteiger partial charge in [-0.3, -0.25) is 4.79 Å². The molecule has 0 fully saturated rings. The van der Waals surface area contributed by atoms with Crippen LogP contribution in [-0.2, 0) is 4.74 Å². The summed E-state index contributed by atoms with van der Waals surface area (Å²) in [6, 6.07) is 9.38. The molecule has 0 saturated heterocycles. The van der Waals surface area contributed by atoms with Crippen molar-refractivity contribution in [2.24, 2.45) is 0 Å². The Morgan fingerprint density at radius 3 is 2.45 bits per heavy atom. The van der Waals surface area contributed by atoms with Gasteiger partial charge < -0.3 is 10.1 Å². The third kappa shape index (κ3) is 3.80. The number of esters is 1. The number of benzene rings is 2. The number of halogens is 3. The van der Waals surface area contributed by atoms with Crippen LogP contribution >= 0.6 is 39.1 Å². The van der Waals surface area contributed by atoms with Crippen LogP contribution < -0.4 is 5.32 Å². The Hall–Kier alpha value is -1.56. The Bertz CT molecular complexity index is 750.